The van der Waals surface area contributed by atoms with Crippen LogP contribution in [0.2, 0.25) is 0 Å². The van der Waals surface area contributed by atoms with Crippen molar-refractivity contribution in [3.63, 3.8) is 0 Å². The number of aromatic amines is 2. The number of nitrogens with one attached hydrogen (secondary N) is 2. The van der Waals surface area contributed by atoms with E-state index in [0.29, 0.717) is 11.6 Å². The zero-order valence-corrected chi connectivity index (χ0v) is 4.74. The van der Waals surface area contributed by atoms with Gasteiger partial charge in [-0.05, 0) is 10.4 Å². The van der Waals surface area contributed by atoms with Crippen molar-refractivity contribution in [1.29, 1.82) is 0 Å². The number of nitrogens with zero attached hydrogens (tertiary/aromatic N) is 5. The molecule has 0 spiro atoms. The number of aromatic nitrogens is 7. The Morgan fingerprint density at radius 2 is 2.20 bits per heavy atom. The summed E-state index contributed by atoms with van der Waals surface area (Å²) in [7, 11) is 0. The van der Waals surface area contributed by atoms with Crippen LogP contribution in [0.15, 0.2) is 0 Å². The average molecular weight is 136 g/mol. The molecule has 10 heavy (non-hydrogen) atoms. The quantitative estimate of drug-likeness (QED) is 0.512. The van der Waals surface area contributed by atoms with E-state index in [1.165, 1.54) is 0 Å². The highest BCUT2D eigenvalue weighted by Crippen LogP contribution is 2.00. The molecule has 0 amide bonds. The molecule has 7 nitrogen and oxygen atoms in total. The standard InChI is InChI=1S/C3H2N7/c1-4-2(6-5-1)3-7-9-10-8-3/h(H,4,5,6)(H,7,8,9,10). The first-order valence-corrected chi connectivity index (χ1v) is 2.49. The maximum Gasteiger partial charge on any atom is 0.221 e. The van der Waals surface area contributed by atoms with Crippen LogP contribution >= 0.6 is 0 Å². The van der Waals surface area contributed by atoms with Crippen LogP contribution in [-0.4, -0.2) is 35.8 Å². The Hall–Kier alpha value is -1.79. The Morgan fingerprint density at radius 1 is 1.20 bits per heavy atom. The van der Waals surface area contributed by atoms with Crippen LogP contribution in [0.5, 0.6) is 0 Å². The molecule has 1 radical (unpaired) electrons. The van der Waals surface area contributed by atoms with Gasteiger partial charge in [-0.2, -0.15) is 0 Å². The second-order valence-electron chi connectivity index (χ2n) is 1.53. The van der Waals surface area contributed by atoms with Crippen LogP contribution in [0.4, 0.5) is 0 Å². The van der Waals surface area contributed by atoms with Crippen LogP contribution in [0.1, 0.15) is 0 Å². The van der Waals surface area contributed by atoms with Gasteiger partial charge in [0, 0.05) is 0 Å². The summed E-state index contributed by atoms with van der Waals surface area (Å²) in [4.78, 5) is 3.69. The van der Waals surface area contributed by atoms with Gasteiger partial charge in [0.05, 0.1) is 0 Å². The van der Waals surface area contributed by atoms with E-state index in [1.54, 1.807) is 0 Å². The van der Waals surface area contributed by atoms with Crippen LogP contribution in [0.25, 0.3) is 11.6 Å². The molecular weight excluding hydrogens is 134 g/mol. The molecule has 0 saturated heterocycles. The molecule has 0 atom stereocenters. The van der Waals surface area contributed by atoms with Crippen molar-refractivity contribution in [3.8, 4) is 11.6 Å². The molecule has 49 valence electrons. The van der Waals surface area contributed by atoms with Crippen LogP contribution < -0.4 is 0 Å². The van der Waals surface area contributed by atoms with Crippen molar-refractivity contribution in [2.75, 3.05) is 0 Å². The predicted molar refractivity (Wildman–Crippen MR) is 28.4 cm³/mol. The second-order valence-corrected chi connectivity index (χ2v) is 1.53. The van der Waals surface area contributed by atoms with E-state index in [2.05, 4.69) is 42.1 Å². The first kappa shape index (κ1) is 5.03. The van der Waals surface area contributed by atoms with Crippen LogP contribution in [0.3, 0.4) is 0 Å². The maximum absolute atomic E-state index is 3.69. The zero-order valence-electron chi connectivity index (χ0n) is 4.74. The van der Waals surface area contributed by atoms with Gasteiger partial charge in [-0.3, -0.25) is 5.10 Å². The molecule has 0 unspecified atom stereocenters. The molecule has 2 aromatic rings. The second kappa shape index (κ2) is 1.87. The first-order chi connectivity index (χ1) is 4.97. The summed E-state index contributed by atoms with van der Waals surface area (Å²) < 4.78 is 0. The van der Waals surface area contributed by atoms with E-state index < -0.39 is 0 Å². The molecule has 0 aliphatic carbocycles. The topological polar surface area (TPSA) is 96.0 Å². The van der Waals surface area contributed by atoms with Gasteiger partial charge in [-0.1, -0.05) is 0 Å². The Kier molecular flexibility index (Phi) is 0.938. The van der Waals surface area contributed by atoms with E-state index in [0.717, 1.165) is 0 Å². The average Bonchev–Trinajstić information content (AvgIpc) is 2.59. The van der Waals surface area contributed by atoms with Crippen molar-refractivity contribution in [3.05, 3.63) is 6.33 Å². The maximum atomic E-state index is 3.69. The molecule has 2 rings (SSSR count). The molecule has 2 heterocycles. The third-order valence-electron chi connectivity index (χ3n) is 0.943. The minimum atomic E-state index is 0.453. The highest BCUT2D eigenvalue weighted by molar-refractivity contribution is 5.38. The van der Waals surface area contributed by atoms with Crippen LogP contribution in [-0.2, 0) is 0 Å². The minimum Gasteiger partial charge on any atom is -0.256 e. The molecule has 0 bridgehead atoms. The largest absolute Gasteiger partial charge is 0.256 e. The fraction of sp³-hybridized carbons (Fsp3) is 0. The monoisotopic (exact) mass is 136 g/mol. The fourth-order valence-corrected chi connectivity index (χ4v) is 0.543. The van der Waals surface area contributed by atoms with Crippen molar-refractivity contribution in [1.82, 2.24) is 35.8 Å². The highest BCUT2D eigenvalue weighted by Gasteiger charge is 2.02. The number of H-pyrrole nitrogens is 2. The number of hydrogen-bond acceptors (Lipinski definition) is 5. The number of rotatable bonds is 1. The molecular formula is C3H2N7. The molecule has 0 aliphatic heterocycles. The summed E-state index contributed by atoms with van der Waals surface area (Å²) in [5, 5.41) is 18.9. The molecule has 0 aliphatic rings. The lowest BCUT2D eigenvalue weighted by Crippen LogP contribution is -1.82. The molecule has 7 heteroatoms. The summed E-state index contributed by atoms with van der Waals surface area (Å²) in [5.41, 5.74) is 0. The fourth-order valence-electron chi connectivity index (χ4n) is 0.543. The van der Waals surface area contributed by atoms with E-state index in [9.17, 15) is 0 Å². The molecule has 0 fully saturated rings. The van der Waals surface area contributed by atoms with E-state index in [-0.39, 0.29) is 0 Å². The van der Waals surface area contributed by atoms with Crippen molar-refractivity contribution in [2.24, 2.45) is 0 Å². The molecule has 0 saturated carbocycles. The van der Waals surface area contributed by atoms with E-state index in [1.807, 2.05) is 0 Å². The van der Waals surface area contributed by atoms with Gasteiger partial charge in [0.25, 0.3) is 0 Å². The van der Waals surface area contributed by atoms with Gasteiger partial charge in [-0.15, -0.1) is 10.2 Å². The predicted octanol–water partition coefficient (Wildman–Crippen LogP) is -1.22. The van der Waals surface area contributed by atoms with Gasteiger partial charge in [-0.25, -0.2) is 10.1 Å². The summed E-state index contributed by atoms with van der Waals surface area (Å²) in [5.74, 6) is 0.929. The highest BCUT2D eigenvalue weighted by atomic mass is 15.5. The Morgan fingerprint density at radius 3 is 2.80 bits per heavy atom. The van der Waals surface area contributed by atoms with E-state index in [4.69, 9.17) is 0 Å². The summed E-state index contributed by atoms with van der Waals surface area (Å²) >= 11 is 0. The van der Waals surface area contributed by atoms with Gasteiger partial charge >= 0.3 is 0 Å². The third-order valence-corrected chi connectivity index (χ3v) is 0.943. The zero-order chi connectivity index (χ0) is 6.81. The molecule has 0 aromatic carbocycles. The normalized spacial score (nSPS) is 10.0. The van der Waals surface area contributed by atoms with Crippen LogP contribution in [0, 0.1) is 6.33 Å². The molecule has 2 aromatic heterocycles. The third kappa shape index (κ3) is 0.642. The minimum absolute atomic E-state index is 0.453. The number of hydrogen-bond donors (Lipinski definition) is 2. The van der Waals surface area contributed by atoms with Gasteiger partial charge in [0.1, 0.15) is 0 Å². The van der Waals surface area contributed by atoms with Crippen molar-refractivity contribution >= 4 is 0 Å². The smallest absolute Gasteiger partial charge is 0.221 e. The lowest BCUT2D eigenvalue weighted by molar-refractivity contribution is 0.881. The Labute approximate surface area is 54.9 Å². The Balaban J connectivity index is 2.48. The van der Waals surface area contributed by atoms with Crippen molar-refractivity contribution in [2.45, 2.75) is 0 Å². The summed E-state index contributed by atoms with van der Waals surface area (Å²) in [6.07, 6.45) is 2.35. The van der Waals surface area contributed by atoms with Crippen molar-refractivity contribution < 1.29 is 0 Å². The van der Waals surface area contributed by atoms with Gasteiger partial charge < -0.3 is 0 Å². The van der Waals surface area contributed by atoms with E-state index >= 15 is 0 Å². The Bertz CT molecular complexity index is 248. The van der Waals surface area contributed by atoms with Gasteiger partial charge in [0.15, 0.2) is 5.82 Å². The lowest BCUT2D eigenvalue weighted by atomic mass is 10.6. The first-order valence-electron chi connectivity index (χ1n) is 2.49. The number of tetrazole rings is 1. The summed E-state index contributed by atoms with van der Waals surface area (Å²) in [6, 6.07) is 0. The lowest BCUT2D eigenvalue weighted by Gasteiger charge is -1.79. The molecule has 2 N–H and O–H groups in total. The SMILES string of the molecule is [c]1n[nH]c(-c2nnn[nH]2)n1. The van der Waals surface area contributed by atoms with Gasteiger partial charge in [0.2, 0.25) is 12.2 Å². The summed E-state index contributed by atoms with van der Waals surface area (Å²) in [6.45, 7) is 0.